The van der Waals surface area contributed by atoms with E-state index in [9.17, 15) is 17.3 Å². The Morgan fingerprint density at radius 1 is 0.688 bits per heavy atom. The first-order valence-corrected chi connectivity index (χ1v) is 10.4. The van der Waals surface area contributed by atoms with Crippen molar-refractivity contribution in [2.24, 2.45) is 0 Å². The molecule has 4 aromatic rings. The van der Waals surface area contributed by atoms with Crippen LogP contribution in [0.5, 0.6) is 0 Å². The van der Waals surface area contributed by atoms with Crippen molar-refractivity contribution in [3.05, 3.63) is 114 Å². The van der Waals surface area contributed by atoms with E-state index in [1.54, 1.807) is 0 Å². The second-order valence-corrected chi connectivity index (χ2v) is 7.44. The van der Waals surface area contributed by atoms with Gasteiger partial charge >= 0.3 is 7.25 Å². The first kappa shape index (κ1) is 23.3. The smallest absolute Gasteiger partial charge is 0.418 e. The highest BCUT2D eigenvalue weighted by Gasteiger charge is 2.21. The van der Waals surface area contributed by atoms with Crippen molar-refractivity contribution in [3.63, 3.8) is 0 Å². The summed E-state index contributed by atoms with van der Waals surface area (Å²) in [5, 5.41) is 0. The van der Waals surface area contributed by atoms with Crippen LogP contribution < -0.4 is 4.57 Å². The van der Waals surface area contributed by atoms with E-state index in [0.717, 1.165) is 13.0 Å². The molecule has 6 heteroatoms. The van der Waals surface area contributed by atoms with Crippen LogP contribution in [0.1, 0.15) is 11.1 Å². The second-order valence-electron chi connectivity index (χ2n) is 7.44. The van der Waals surface area contributed by atoms with E-state index in [1.165, 1.54) is 33.5 Å². The van der Waals surface area contributed by atoms with Gasteiger partial charge in [-0.3, -0.25) is 0 Å². The predicted molar refractivity (Wildman–Crippen MR) is 123 cm³/mol. The summed E-state index contributed by atoms with van der Waals surface area (Å²) in [6, 6.07) is 34.4. The SMILES string of the molecule is Cc1cc(-c2ccccc2)c(-c2ccccc2)[n+](CCc2ccccc2)c1.F[B-](F)(F)F. The zero-order valence-corrected chi connectivity index (χ0v) is 17.8. The number of pyridine rings is 1. The Morgan fingerprint density at radius 3 is 1.69 bits per heavy atom. The summed E-state index contributed by atoms with van der Waals surface area (Å²) in [7, 11) is -6.00. The molecule has 1 heterocycles. The van der Waals surface area contributed by atoms with E-state index in [4.69, 9.17) is 0 Å². The predicted octanol–water partition coefficient (Wildman–Crippen LogP) is 7.16. The maximum absolute atomic E-state index is 9.75. The summed E-state index contributed by atoms with van der Waals surface area (Å²) in [6.07, 6.45) is 3.29. The lowest BCUT2D eigenvalue weighted by Crippen LogP contribution is -2.38. The van der Waals surface area contributed by atoms with Crippen molar-refractivity contribution in [1.29, 1.82) is 0 Å². The first-order valence-electron chi connectivity index (χ1n) is 10.4. The van der Waals surface area contributed by atoms with Crippen LogP contribution in [0.4, 0.5) is 17.3 Å². The summed E-state index contributed by atoms with van der Waals surface area (Å²) >= 11 is 0. The second kappa shape index (κ2) is 10.8. The largest absolute Gasteiger partial charge is 0.673 e. The summed E-state index contributed by atoms with van der Waals surface area (Å²) in [4.78, 5) is 0. The third-order valence-electron chi connectivity index (χ3n) is 4.89. The fraction of sp³-hybridized carbons (Fsp3) is 0.115. The van der Waals surface area contributed by atoms with Crippen molar-refractivity contribution >= 4 is 7.25 Å². The molecule has 0 aliphatic rings. The van der Waals surface area contributed by atoms with Gasteiger partial charge in [0, 0.05) is 17.5 Å². The summed E-state index contributed by atoms with van der Waals surface area (Å²) in [6.45, 7) is 3.13. The van der Waals surface area contributed by atoms with E-state index in [-0.39, 0.29) is 0 Å². The van der Waals surface area contributed by atoms with Crippen molar-refractivity contribution in [2.75, 3.05) is 0 Å². The highest BCUT2D eigenvalue weighted by atomic mass is 19.5. The standard InChI is InChI=1S/C26H24N.BF4/c1-21-19-25(23-13-7-3-8-14-23)26(24-15-9-4-10-16-24)27(20-21)18-17-22-11-5-2-6-12-22;2-1(3,4)5/h2-16,19-20H,17-18H2,1H3;/q+1;-1. The lowest BCUT2D eigenvalue weighted by Gasteiger charge is -2.12. The van der Waals surface area contributed by atoms with Gasteiger partial charge in [-0.05, 0) is 36.2 Å². The van der Waals surface area contributed by atoms with Crippen LogP contribution in [0.2, 0.25) is 0 Å². The highest BCUT2D eigenvalue weighted by molar-refractivity contribution is 6.50. The van der Waals surface area contributed by atoms with Crippen molar-refractivity contribution in [2.45, 2.75) is 19.9 Å². The molecule has 0 radical (unpaired) electrons. The van der Waals surface area contributed by atoms with Crippen LogP contribution in [-0.2, 0) is 13.0 Å². The monoisotopic (exact) mass is 437 g/mol. The van der Waals surface area contributed by atoms with Gasteiger partial charge in [0.1, 0.15) is 0 Å². The van der Waals surface area contributed by atoms with Crippen molar-refractivity contribution in [1.82, 2.24) is 0 Å². The van der Waals surface area contributed by atoms with Gasteiger partial charge in [0.05, 0.1) is 5.56 Å². The molecule has 0 saturated carbocycles. The Morgan fingerprint density at radius 2 is 1.16 bits per heavy atom. The van der Waals surface area contributed by atoms with Gasteiger partial charge in [-0.25, -0.2) is 0 Å². The molecule has 0 aliphatic carbocycles. The van der Waals surface area contributed by atoms with Crippen LogP contribution >= 0.6 is 0 Å². The van der Waals surface area contributed by atoms with E-state index in [1.807, 2.05) is 0 Å². The molecule has 3 aromatic carbocycles. The molecular weight excluding hydrogens is 413 g/mol. The van der Waals surface area contributed by atoms with Gasteiger partial charge in [-0.2, -0.15) is 4.57 Å². The Hall–Kier alpha value is -3.41. The van der Waals surface area contributed by atoms with E-state index in [0.29, 0.717) is 0 Å². The van der Waals surface area contributed by atoms with Crippen molar-refractivity contribution < 1.29 is 21.8 Å². The molecule has 0 fully saturated rings. The minimum Gasteiger partial charge on any atom is -0.418 e. The van der Waals surface area contributed by atoms with Gasteiger partial charge in [0.2, 0.25) is 5.69 Å². The van der Waals surface area contributed by atoms with E-state index >= 15 is 0 Å². The lowest BCUT2D eigenvalue weighted by molar-refractivity contribution is -0.685. The molecule has 0 saturated heterocycles. The zero-order chi connectivity index (χ0) is 23.0. The molecule has 0 N–H and O–H groups in total. The molecule has 0 atom stereocenters. The van der Waals surface area contributed by atoms with Gasteiger partial charge in [0.15, 0.2) is 12.7 Å². The highest BCUT2D eigenvalue weighted by Crippen LogP contribution is 2.30. The molecule has 32 heavy (non-hydrogen) atoms. The number of benzene rings is 3. The molecular formula is C26H24BF4N. The maximum atomic E-state index is 9.75. The summed E-state index contributed by atoms with van der Waals surface area (Å²) in [5.41, 5.74) is 7.73. The maximum Gasteiger partial charge on any atom is 0.673 e. The third-order valence-corrected chi connectivity index (χ3v) is 4.89. The van der Waals surface area contributed by atoms with Crippen LogP contribution in [-0.4, -0.2) is 7.25 Å². The normalized spacial score (nSPS) is 10.9. The Kier molecular flexibility index (Phi) is 7.82. The molecule has 0 bridgehead atoms. The molecule has 164 valence electrons. The van der Waals surface area contributed by atoms with Gasteiger partial charge in [0.25, 0.3) is 0 Å². The Labute approximate surface area is 186 Å². The van der Waals surface area contributed by atoms with E-state index < -0.39 is 7.25 Å². The minimum atomic E-state index is -6.00. The Balaban J connectivity index is 0.000000523. The summed E-state index contributed by atoms with van der Waals surface area (Å²) < 4.78 is 41.4. The number of rotatable bonds is 5. The number of hydrogen-bond acceptors (Lipinski definition) is 0. The number of halogens is 4. The number of nitrogens with zero attached hydrogens (tertiary/aromatic N) is 1. The lowest BCUT2D eigenvalue weighted by atomic mass is 9.97. The summed E-state index contributed by atoms with van der Waals surface area (Å²) in [5.74, 6) is 0. The third kappa shape index (κ3) is 7.08. The van der Waals surface area contributed by atoms with E-state index in [2.05, 4.69) is 115 Å². The molecule has 0 unspecified atom stereocenters. The quantitative estimate of drug-likeness (QED) is 0.177. The minimum absolute atomic E-state index is 0.954. The van der Waals surface area contributed by atoms with Crippen LogP contribution in [0.3, 0.4) is 0 Å². The molecule has 1 aromatic heterocycles. The zero-order valence-electron chi connectivity index (χ0n) is 17.8. The van der Waals surface area contributed by atoms with Gasteiger partial charge < -0.3 is 17.3 Å². The van der Waals surface area contributed by atoms with Crippen LogP contribution in [0.25, 0.3) is 22.4 Å². The van der Waals surface area contributed by atoms with Gasteiger partial charge in [-0.15, -0.1) is 0 Å². The average molecular weight is 437 g/mol. The fourth-order valence-corrected chi connectivity index (χ4v) is 3.62. The topological polar surface area (TPSA) is 3.88 Å². The number of hydrogen-bond donors (Lipinski definition) is 0. The van der Waals surface area contributed by atoms with Crippen molar-refractivity contribution in [3.8, 4) is 22.4 Å². The number of aromatic nitrogens is 1. The van der Waals surface area contributed by atoms with Crippen LogP contribution in [0.15, 0.2) is 103 Å². The molecule has 1 nitrogen and oxygen atoms in total. The fourth-order valence-electron chi connectivity index (χ4n) is 3.62. The number of aryl methyl sites for hydroxylation is 3. The molecule has 0 spiro atoms. The Bertz CT molecular complexity index is 1110. The van der Waals surface area contributed by atoms with Gasteiger partial charge in [-0.1, -0.05) is 78.9 Å². The molecule has 0 amide bonds. The molecule has 4 rings (SSSR count). The first-order chi connectivity index (χ1) is 15.3. The van der Waals surface area contributed by atoms with Crippen LogP contribution in [0, 0.1) is 6.92 Å². The molecule has 0 aliphatic heterocycles. The average Bonchev–Trinajstić information content (AvgIpc) is 2.78.